The van der Waals surface area contributed by atoms with Gasteiger partial charge in [0.05, 0.1) is 10.8 Å². The predicted molar refractivity (Wildman–Crippen MR) is 63.9 cm³/mol. The van der Waals surface area contributed by atoms with Crippen molar-refractivity contribution in [2.24, 2.45) is 0 Å². The lowest BCUT2D eigenvalue weighted by molar-refractivity contribution is -0.133. The second-order valence-corrected chi connectivity index (χ2v) is 5.60. The molecular formula is C11H12ClNO2S. The Bertz CT molecular complexity index is 406. The number of Topliss-reactive ketones (excluding diaryl/α,β-unsaturated/α-hetero) is 1. The Balaban J connectivity index is 1.91. The maximum atomic E-state index is 11.9. The fraction of sp³-hybridized carbons (Fsp3) is 0.455. The molecule has 1 aromatic rings. The van der Waals surface area contributed by atoms with Gasteiger partial charge in [0.15, 0.2) is 0 Å². The summed E-state index contributed by atoms with van der Waals surface area (Å²) in [6.07, 6.45) is 1.39. The van der Waals surface area contributed by atoms with Gasteiger partial charge < -0.3 is 4.90 Å². The van der Waals surface area contributed by atoms with Crippen LogP contribution in [0.4, 0.5) is 0 Å². The van der Waals surface area contributed by atoms with Crippen molar-refractivity contribution in [3.8, 4) is 0 Å². The molecule has 2 heterocycles. The topological polar surface area (TPSA) is 37.4 Å². The van der Waals surface area contributed by atoms with Gasteiger partial charge in [0.25, 0.3) is 0 Å². The van der Waals surface area contributed by atoms with Crippen molar-refractivity contribution >= 4 is 34.6 Å². The lowest BCUT2D eigenvalue weighted by Crippen LogP contribution is -2.39. The number of piperidine rings is 1. The standard InChI is InChI=1S/C11H12ClNO2S/c12-10-2-1-9(16-10)7-11(15)13-5-3-8(14)4-6-13/h1-2H,3-7H2. The van der Waals surface area contributed by atoms with Crippen LogP contribution in [0.15, 0.2) is 12.1 Å². The summed E-state index contributed by atoms with van der Waals surface area (Å²) in [7, 11) is 0. The van der Waals surface area contributed by atoms with Gasteiger partial charge in [-0.15, -0.1) is 11.3 Å². The summed E-state index contributed by atoms with van der Waals surface area (Å²) in [4.78, 5) is 25.6. The van der Waals surface area contributed by atoms with Gasteiger partial charge in [-0.25, -0.2) is 0 Å². The van der Waals surface area contributed by atoms with Crippen molar-refractivity contribution < 1.29 is 9.59 Å². The molecule has 2 rings (SSSR count). The minimum absolute atomic E-state index is 0.0889. The first-order valence-corrected chi connectivity index (χ1v) is 6.38. The van der Waals surface area contributed by atoms with Crippen molar-refractivity contribution in [1.82, 2.24) is 4.90 Å². The average molecular weight is 258 g/mol. The highest BCUT2D eigenvalue weighted by Gasteiger charge is 2.20. The third-order valence-corrected chi connectivity index (χ3v) is 3.86. The van der Waals surface area contributed by atoms with Crippen LogP contribution in [0.5, 0.6) is 0 Å². The fourth-order valence-electron chi connectivity index (χ4n) is 1.71. The molecule has 0 aliphatic carbocycles. The largest absolute Gasteiger partial charge is 0.342 e. The molecule has 16 heavy (non-hydrogen) atoms. The minimum atomic E-state index is 0.0889. The molecule has 0 unspecified atom stereocenters. The number of likely N-dealkylation sites (tertiary alicyclic amines) is 1. The zero-order valence-corrected chi connectivity index (χ0v) is 10.3. The molecule has 0 saturated carbocycles. The summed E-state index contributed by atoms with van der Waals surface area (Å²) in [6.45, 7) is 1.13. The Morgan fingerprint density at radius 1 is 1.38 bits per heavy atom. The van der Waals surface area contributed by atoms with Gasteiger partial charge in [-0.3, -0.25) is 9.59 Å². The summed E-state index contributed by atoms with van der Waals surface area (Å²) < 4.78 is 0.705. The SMILES string of the molecule is O=C1CCN(C(=O)Cc2ccc(Cl)s2)CC1. The highest BCUT2D eigenvalue weighted by atomic mass is 35.5. The Morgan fingerprint density at radius 3 is 2.62 bits per heavy atom. The van der Waals surface area contributed by atoms with Crippen molar-refractivity contribution in [3.63, 3.8) is 0 Å². The van der Waals surface area contributed by atoms with E-state index in [-0.39, 0.29) is 11.7 Å². The van der Waals surface area contributed by atoms with Gasteiger partial charge >= 0.3 is 0 Å². The molecule has 0 bridgehead atoms. The summed E-state index contributed by atoms with van der Waals surface area (Å²) in [5, 5.41) is 0. The number of ketones is 1. The summed E-state index contributed by atoms with van der Waals surface area (Å²) in [5.74, 6) is 0.342. The van der Waals surface area contributed by atoms with E-state index in [1.807, 2.05) is 6.07 Å². The monoisotopic (exact) mass is 257 g/mol. The number of amides is 1. The van der Waals surface area contributed by atoms with Crippen LogP contribution in [0.25, 0.3) is 0 Å². The van der Waals surface area contributed by atoms with Crippen LogP contribution in [0.3, 0.4) is 0 Å². The van der Waals surface area contributed by atoms with Crippen LogP contribution in [0.1, 0.15) is 17.7 Å². The number of nitrogens with zero attached hydrogens (tertiary/aromatic N) is 1. The molecule has 0 radical (unpaired) electrons. The minimum Gasteiger partial charge on any atom is -0.342 e. The van der Waals surface area contributed by atoms with Gasteiger partial charge in [0.2, 0.25) is 5.91 Å². The number of hydrogen-bond donors (Lipinski definition) is 0. The number of halogens is 1. The predicted octanol–water partition coefficient (Wildman–Crippen LogP) is 2.14. The number of carbonyl (C=O) groups is 2. The fourth-order valence-corrected chi connectivity index (χ4v) is 2.79. The number of hydrogen-bond acceptors (Lipinski definition) is 3. The van der Waals surface area contributed by atoms with E-state index >= 15 is 0 Å². The molecule has 1 aliphatic rings. The molecule has 5 heteroatoms. The summed E-state index contributed by atoms with van der Waals surface area (Å²) in [5.41, 5.74) is 0. The summed E-state index contributed by atoms with van der Waals surface area (Å²) >= 11 is 7.23. The van der Waals surface area contributed by atoms with Crippen LogP contribution >= 0.6 is 22.9 Å². The molecule has 1 saturated heterocycles. The van der Waals surface area contributed by atoms with E-state index in [0.717, 1.165) is 4.88 Å². The Morgan fingerprint density at radius 2 is 2.06 bits per heavy atom. The van der Waals surface area contributed by atoms with Crippen LogP contribution in [0, 0.1) is 0 Å². The summed E-state index contributed by atoms with van der Waals surface area (Å²) in [6, 6.07) is 3.68. The van der Waals surface area contributed by atoms with E-state index in [2.05, 4.69) is 0 Å². The molecule has 1 fully saturated rings. The van der Waals surface area contributed by atoms with Crippen LogP contribution in [-0.2, 0) is 16.0 Å². The molecule has 3 nitrogen and oxygen atoms in total. The van der Waals surface area contributed by atoms with E-state index < -0.39 is 0 Å². The molecule has 0 N–H and O–H groups in total. The van der Waals surface area contributed by atoms with E-state index in [0.29, 0.717) is 36.7 Å². The molecule has 1 aromatic heterocycles. The molecule has 0 atom stereocenters. The zero-order chi connectivity index (χ0) is 11.5. The second kappa shape index (κ2) is 4.97. The smallest absolute Gasteiger partial charge is 0.227 e. The molecule has 86 valence electrons. The van der Waals surface area contributed by atoms with Crippen molar-refractivity contribution in [1.29, 1.82) is 0 Å². The molecule has 0 spiro atoms. The maximum absolute atomic E-state index is 11.9. The van der Waals surface area contributed by atoms with Crippen LogP contribution in [-0.4, -0.2) is 29.7 Å². The van der Waals surface area contributed by atoms with Crippen molar-refractivity contribution in [2.75, 3.05) is 13.1 Å². The van der Waals surface area contributed by atoms with Crippen LogP contribution < -0.4 is 0 Å². The molecule has 1 amide bonds. The van der Waals surface area contributed by atoms with Crippen LogP contribution in [0.2, 0.25) is 4.34 Å². The normalized spacial score (nSPS) is 16.6. The van der Waals surface area contributed by atoms with Gasteiger partial charge in [-0.1, -0.05) is 11.6 Å². The number of rotatable bonds is 2. The second-order valence-electron chi connectivity index (χ2n) is 3.80. The Kier molecular flexibility index (Phi) is 3.61. The average Bonchev–Trinajstić information content (AvgIpc) is 2.65. The Hall–Kier alpha value is -0.870. The first kappa shape index (κ1) is 11.6. The van der Waals surface area contributed by atoms with Gasteiger partial charge in [-0.2, -0.15) is 0 Å². The molecule has 1 aliphatic heterocycles. The number of thiophene rings is 1. The Labute approximate surface area is 103 Å². The third kappa shape index (κ3) is 2.83. The first-order valence-electron chi connectivity index (χ1n) is 5.19. The first-order chi connectivity index (χ1) is 7.65. The van der Waals surface area contributed by atoms with E-state index in [1.165, 1.54) is 11.3 Å². The van der Waals surface area contributed by atoms with Crippen molar-refractivity contribution in [2.45, 2.75) is 19.3 Å². The van der Waals surface area contributed by atoms with E-state index in [4.69, 9.17) is 11.6 Å². The van der Waals surface area contributed by atoms with E-state index in [9.17, 15) is 9.59 Å². The zero-order valence-electron chi connectivity index (χ0n) is 8.74. The quantitative estimate of drug-likeness (QED) is 0.814. The van der Waals surface area contributed by atoms with Crippen molar-refractivity contribution in [3.05, 3.63) is 21.3 Å². The number of carbonyl (C=O) groups excluding carboxylic acids is 2. The maximum Gasteiger partial charge on any atom is 0.227 e. The van der Waals surface area contributed by atoms with Gasteiger partial charge in [0.1, 0.15) is 5.78 Å². The molecular weight excluding hydrogens is 246 g/mol. The lowest BCUT2D eigenvalue weighted by Gasteiger charge is -2.25. The lowest BCUT2D eigenvalue weighted by atomic mass is 10.1. The highest BCUT2D eigenvalue weighted by Crippen LogP contribution is 2.22. The highest BCUT2D eigenvalue weighted by molar-refractivity contribution is 7.16. The van der Waals surface area contributed by atoms with Gasteiger partial charge in [0, 0.05) is 30.8 Å². The third-order valence-electron chi connectivity index (χ3n) is 2.63. The molecule has 0 aromatic carbocycles. The van der Waals surface area contributed by atoms with Gasteiger partial charge in [-0.05, 0) is 12.1 Å². The van der Waals surface area contributed by atoms with E-state index in [1.54, 1.807) is 11.0 Å².